The van der Waals surface area contributed by atoms with Crippen molar-refractivity contribution in [2.75, 3.05) is 0 Å². The lowest BCUT2D eigenvalue weighted by Crippen LogP contribution is -2.35. The molecule has 0 amide bonds. The molecule has 0 bridgehead atoms. The second kappa shape index (κ2) is 4.11. The number of halogens is 2. The van der Waals surface area contributed by atoms with E-state index >= 15 is 0 Å². The Labute approximate surface area is 95.4 Å². The Bertz CT molecular complexity index is 354. The molecule has 0 unspecified atom stereocenters. The van der Waals surface area contributed by atoms with Gasteiger partial charge in [0.2, 0.25) is 0 Å². The Balaban J connectivity index is 3.27. The van der Waals surface area contributed by atoms with Crippen LogP contribution in [0.4, 0.5) is 4.39 Å². The van der Waals surface area contributed by atoms with Gasteiger partial charge in [0.1, 0.15) is 5.82 Å². The number of benzene rings is 1. The SMILES string of the molecule is Cc1cc(F)c(Cl)c(CC(C)(C)N)c1C. The first-order valence-electron chi connectivity index (χ1n) is 4.95. The van der Waals surface area contributed by atoms with Gasteiger partial charge >= 0.3 is 0 Å². The van der Waals surface area contributed by atoms with E-state index in [1.807, 2.05) is 27.7 Å². The lowest BCUT2D eigenvalue weighted by atomic mass is 9.91. The lowest BCUT2D eigenvalue weighted by Gasteiger charge is -2.21. The maximum atomic E-state index is 13.4. The molecule has 1 aromatic rings. The fraction of sp³-hybridized carbons (Fsp3) is 0.500. The van der Waals surface area contributed by atoms with Crippen molar-refractivity contribution in [3.8, 4) is 0 Å². The highest BCUT2D eigenvalue weighted by atomic mass is 35.5. The van der Waals surface area contributed by atoms with Crippen molar-refractivity contribution in [3.63, 3.8) is 0 Å². The van der Waals surface area contributed by atoms with E-state index in [0.29, 0.717) is 6.42 Å². The van der Waals surface area contributed by atoms with Crippen molar-refractivity contribution in [3.05, 3.63) is 33.6 Å². The molecule has 0 aromatic heterocycles. The largest absolute Gasteiger partial charge is 0.325 e. The number of hydrogen-bond acceptors (Lipinski definition) is 1. The van der Waals surface area contributed by atoms with Gasteiger partial charge < -0.3 is 5.73 Å². The van der Waals surface area contributed by atoms with Crippen LogP contribution in [0.2, 0.25) is 5.02 Å². The van der Waals surface area contributed by atoms with Gasteiger partial charge in [0.25, 0.3) is 0 Å². The van der Waals surface area contributed by atoms with Gasteiger partial charge in [-0.15, -0.1) is 0 Å². The number of hydrogen-bond donors (Lipinski definition) is 1. The molecular formula is C12H17ClFN. The van der Waals surface area contributed by atoms with E-state index in [1.165, 1.54) is 6.07 Å². The highest BCUT2D eigenvalue weighted by Crippen LogP contribution is 2.28. The average Bonchev–Trinajstić information content (AvgIpc) is 2.08. The predicted octanol–water partition coefficient (Wildman–Crippen LogP) is 3.38. The van der Waals surface area contributed by atoms with Gasteiger partial charge in [-0.3, -0.25) is 0 Å². The molecule has 0 saturated heterocycles. The van der Waals surface area contributed by atoms with Crippen LogP contribution >= 0.6 is 11.6 Å². The molecule has 0 radical (unpaired) electrons. The van der Waals surface area contributed by atoms with Crippen LogP contribution in [0.1, 0.15) is 30.5 Å². The second-order valence-corrected chi connectivity index (χ2v) is 5.14. The van der Waals surface area contributed by atoms with Crippen LogP contribution in [-0.4, -0.2) is 5.54 Å². The molecule has 2 N–H and O–H groups in total. The first-order valence-corrected chi connectivity index (χ1v) is 5.33. The van der Waals surface area contributed by atoms with E-state index in [1.54, 1.807) is 0 Å². The molecule has 0 heterocycles. The minimum Gasteiger partial charge on any atom is -0.325 e. The fourth-order valence-corrected chi connectivity index (χ4v) is 1.84. The van der Waals surface area contributed by atoms with E-state index in [2.05, 4.69) is 0 Å². The molecule has 0 saturated carbocycles. The second-order valence-electron chi connectivity index (χ2n) is 4.76. The van der Waals surface area contributed by atoms with Crippen molar-refractivity contribution < 1.29 is 4.39 Å². The topological polar surface area (TPSA) is 26.0 Å². The van der Waals surface area contributed by atoms with Crippen molar-refractivity contribution in [2.24, 2.45) is 5.73 Å². The van der Waals surface area contributed by atoms with Crippen molar-refractivity contribution in [1.82, 2.24) is 0 Å². The third kappa shape index (κ3) is 2.93. The quantitative estimate of drug-likeness (QED) is 0.827. The molecule has 0 aliphatic heterocycles. The van der Waals surface area contributed by atoms with E-state index in [4.69, 9.17) is 17.3 Å². The van der Waals surface area contributed by atoms with Crippen LogP contribution in [0.5, 0.6) is 0 Å². The maximum absolute atomic E-state index is 13.4. The summed E-state index contributed by atoms with van der Waals surface area (Å²) in [6.07, 6.45) is 0.580. The minimum absolute atomic E-state index is 0.205. The summed E-state index contributed by atoms with van der Waals surface area (Å²) in [5, 5.41) is 0.205. The summed E-state index contributed by atoms with van der Waals surface area (Å²) in [5.74, 6) is -0.362. The Morgan fingerprint density at radius 3 is 2.40 bits per heavy atom. The Kier molecular flexibility index (Phi) is 3.41. The highest BCUT2D eigenvalue weighted by Gasteiger charge is 2.19. The zero-order chi connectivity index (χ0) is 11.8. The maximum Gasteiger partial charge on any atom is 0.142 e. The molecule has 0 fully saturated rings. The molecule has 0 aliphatic rings. The van der Waals surface area contributed by atoms with Crippen LogP contribution in [-0.2, 0) is 6.42 Å². The van der Waals surface area contributed by atoms with E-state index in [9.17, 15) is 4.39 Å². The van der Waals surface area contributed by atoms with Crippen LogP contribution in [0.3, 0.4) is 0 Å². The van der Waals surface area contributed by atoms with Crippen LogP contribution in [0.15, 0.2) is 6.07 Å². The third-order valence-corrected chi connectivity index (χ3v) is 2.90. The van der Waals surface area contributed by atoms with Gasteiger partial charge in [0.15, 0.2) is 0 Å². The molecule has 3 heteroatoms. The van der Waals surface area contributed by atoms with Crippen molar-refractivity contribution >= 4 is 11.6 Å². The number of rotatable bonds is 2. The van der Waals surface area contributed by atoms with Gasteiger partial charge in [-0.1, -0.05) is 11.6 Å². The molecule has 15 heavy (non-hydrogen) atoms. The summed E-state index contributed by atoms with van der Waals surface area (Å²) in [4.78, 5) is 0. The van der Waals surface area contributed by atoms with E-state index < -0.39 is 0 Å². The van der Waals surface area contributed by atoms with Crippen molar-refractivity contribution in [1.29, 1.82) is 0 Å². The lowest BCUT2D eigenvalue weighted by molar-refractivity contribution is 0.512. The van der Waals surface area contributed by atoms with Gasteiger partial charge in [-0.05, 0) is 56.9 Å². The predicted molar refractivity (Wildman–Crippen MR) is 62.9 cm³/mol. The normalized spacial score (nSPS) is 11.9. The van der Waals surface area contributed by atoms with Gasteiger partial charge in [0.05, 0.1) is 5.02 Å². The minimum atomic E-state index is -0.380. The molecule has 0 aliphatic carbocycles. The molecule has 0 atom stereocenters. The van der Waals surface area contributed by atoms with Crippen LogP contribution in [0, 0.1) is 19.7 Å². The molecular weight excluding hydrogens is 213 g/mol. The first-order chi connectivity index (χ1) is 6.72. The summed E-state index contributed by atoms with van der Waals surface area (Å²) >= 11 is 5.95. The van der Waals surface area contributed by atoms with Gasteiger partial charge in [-0.2, -0.15) is 0 Å². The van der Waals surface area contributed by atoms with E-state index in [0.717, 1.165) is 16.7 Å². The van der Waals surface area contributed by atoms with Gasteiger partial charge in [-0.25, -0.2) is 4.39 Å². The monoisotopic (exact) mass is 229 g/mol. The smallest absolute Gasteiger partial charge is 0.142 e. The summed E-state index contributed by atoms with van der Waals surface area (Å²) in [6.45, 7) is 7.63. The van der Waals surface area contributed by atoms with Crippen LogP contribution < -0.4 is 5.73 Å². The molecule has 84 valence electrons. The average molecular weight is 230 g/mol. The molecule has 1 nitrogen and oxygen atoms in total. The number of nitrogens with two attached hydrogens (primary N) is 1. The number of aryl methyl sites for hydroxylation is 1. The summed E-state index contributed by atoms with van der Waals surface area (Å²) in [5.41, 5.74) is 8.31. The highest BCUT2D eigenvalue weighted by molar-refractivity contribution is 6.31. The van der Waals surface area contributed by atoms with E-state index in [-0.39, 0.29) is 16.4 Å². The fourth-order valence-electron chi connectivity index (χ4n) is 1.57. The standard InChI is InChI=1S/C12H17ClFN/c1-7-5-10(14)11(13)9(8(7)2)6-12(3,4)15/h5H,6,15H2,1-4H3. The Morgan fingerprint density at radius 1 is 1.40 bits per heavy atom. The first kappa shape index (κ1) is 12.5. The molecule has 1 rings (SSSR count). The van der Waals surface area contributed by atoms with Gasteiger partial charge in [0, 0.05) is 5.54 Å². The zero-order valence-corrected chi connectivity index (χ0v) is 10.4. The summed E-state index contributed by atoms with van der Waals surface area (Å²) < 4.78 is 13.4. The Hall–Kier alpha value is -0.600. The van der Waals surface area contributed by atoms with Crippen molar-refractivity contribution in [2.45, 2.75) is 39.7 Å². The zero-order valence-electron chi connectivity index (χ0n) is 9.62. The van der Waals surface area contributed by atoms with Crippen LogP contribution in [0.25, 0.3) is 0 Å². The molecule has 1 aromatic carbocycles. The third-order valence-electron chi connectivity index (χ3n) is 2.49. The summed E-state index contributed by atoms with van der Waals surface area (Å²) in [7, 11) is 0. The summed E-state index contributed by atoms with van der Waals surface area (Å²) in [6, 6.07) is 1.46. The molecule has 0 spiro atoms. The Morgan fingerprint density at radius 2 is 1.93 bits per heavy atom.